The Kier molecular flexibility index (Phi) is 4.95. The molecule has 1 amide bonds. The lowest BCUT2D eigenvalue weighted by Crippen LogP contribution is -2.51. The van der Waals surface area contributed by atoms with E-state index in [1.807, 2.05) is 35.2 Å². The number of ether oxygens (including phenoxy) is 1. The van der Waals surface area contributed by atoms with Gasteiger partial charge < -0.3 is 14.7 Å². The highest BCUT2D eigenvalue weighted by atomic mass is 16.6. The molecular formula is C17H24N2O3. The van der Waals surface area contributed by atoms with Crippen LogP contribution in [-0.2, 0) is 11.3 Å². The Morgan fingerprint density at radius 1 is 1.18 bits per heavy atom. The average Bonchev–Trinajstić information content (AvgIpc) is 2.99. The second-order valence-corrected chi connectivity index (χ2v) is 6.06. The van der Waals surface area contributed by atoms with Crippen molar-refractivity contribution in [3.8, 4) is 0 Å². The molecule has 3 rings (SSSR count). The first-order valence-corrected chi connectivity index (χ1v) is 8.12. The predicted octanol–water partition coefficient (Wildman–Crippen LogP) is 1.85. The van der Waals surface area contributed by atoms with E-state index in [4.69, 9.17) is 4.74 Å². The van der Waals surface area contributed by atoms with Gasteiger partial charge >= 0.3 is 6.09 Å². The van der Waals surface area contributed by atoms with E-state index in [-0.39, 0.29) is 18.7 Å². The van der Waals surface area contributed by atoms with Gasteiger partial charge in [-0.2, -0.15) is 0 Å². The van der Waals surface area contributed by atoms with Crippen molar-refractivity contribution >= 4 is 6.09 Å². The summed E-state index contributed by atoms with van der Waals surface area (Å²) in [7, 11) is 0. The van der Waals surface area contributed by atoms with Gasteiger partial charge in [-0.15, -0.1) is 0 Å². The normalized spacial score (nSPS) is 25.0. The van der Waals surface area contributed by atoms with Gasteiger partial charge in [-0.3, -0.25) is 4.90 Å². The number of hydrogen-bond acceptors (Lipinski definition) is 4. The van der Waals surface area contributed by atoms with E-state index in [9.17, 15) is 9.90 Å². The molecule has 1 aromatic carbocycles. The first kappa shape index (κ1) is 15.3. The molecule has 2 aliphatic rings. The Morgan fingerprint density at radius 2 is 2.00 bits per heavy atom. The van der Waals surface area contributed by atoms with E-state index in [2.05, 4.69) is 4.90 Å². The molecule has 2 saturated heterocycles. The Labute approximate surface area is 131 Å². The number of aliphatic hydroxyl groups excluding tert-OH is 1. The SMILES string of the molecule is O=C(OCc1ccccc1)N1CC[C@@H]2[C@H]1CCCN2CCO. The van der Waals surface area contributed by atoms with Crippen LogP contribution in [0.3, 0.4) is 0 Å². The number of carbonyl (C=O) groups is 1. The maximum absolute atomic E-state index is 12.4. The van der Waals surface area contributed by atoms with Gasteiger partial charge in [0.1, 0.15) is 6.61 Å². The summed E-state index contributed by atoms with van der Waals surface area (Å²) in [6.45, 7) is 2.99. The third-order valence-corrected chi connectivity index (χ3v) is 4.75. The molecule has 5 nitrogen and oxygen atoms in total. The second-order valence-electron chi connectivity index (χ2n) is 6.06. The molecule has 0 aromatic heterocycles. The number of carbonyl (C=O) groups excluding carboxylic acids is 1. The van der Waals surface area contributed by atoms with Crippen LogP contribution in [0.4, 0.5) is 4.79 Å². The fourth-order valence-electron chi connectivity index (χ4n) is 3.72. The number of nitrogens with zero attached hydrogens (tertiary/aromatic N) is 2. The topological polar surface area (TPSA) is 53.0 Å². The van der Waals surface area contributed by atoms with Gasteiger partial charge in [-0.25, -0.2) is 4.79 Å². The molecule has 1 aromatic rings. The summed E-state index contributed by atoms with van der Waals surface area (Å²) in [5.41, 5.74) is 1.01. The third-order valence-electron chi connectivity index (χ3n) is 4.75. The number of hydrogen-bond donors (Lipinski definition) is 1. The molecule has 0 radical (unpaired) electrons. The van der Waals surface area contributed by atoms with Gasteiger partial charge in [0.2, 0.25) is 0 Å². The Bertz CT molecular complexity index is 492. The van der Waals surface area contributed by atoms with E-state index >= 15 is 0 Å². The van der Waals surface area contributed by atoms with E-state index in [1.165, 1.54) is 0 Å². The molecule has 120 valence electrons. The summed E-state index contributed by atoms with van der Waals surface area (Å²) >= 11 is 0. The van der Waals surface area contributed by atoms with Gasteiger partial charge in [-0.1, -0.05) is 30.3 Å². The van der Waals surface area contributed by atoms with Crippen LogP contribution in [0, 0.1) is 0 Å². The number of likely N-dealkylation sites (tertiary alicyclic amines) is 2. The van der Waals surface area contributed by atoms with Crippen LogP contribution in [0.25, 0.3) is 0 Å². The maximum Gasteiger partial charge on any atom is 0.410 e. The van der Waals surface area contributed by atoms with Crippen LogP contribution in [0.5, 0.6) is 0 Å². The summed E-state index contributed by atoms with van der Waals surface area (Å²) in [5, 5.41) is 9.18. The molecule has 0 unspecified atom stereocenters. The van der Waals surface area contributed by atoms with Gasteiger partial charge in [-0.05, 0) is 31.4 Å². The zero-order valence-electron chi connectivity index (χ0n) is 12.9. The quantitative estimate of drug-likeness (QED) is 0.922. The number of aliphatic hydroxyl groups is 1. The average molecular weight is 304 g/mol. The number of benzene rings is 1. The molecule has 0 saturated carbocycles. The minimum atomic E-state index is -0.206. The molecule has 2 heterocycles. The zero-order chi connectivity index (χ0) is 15.4. The predicted molar refractivity (Wildman–Crippen MR) is 83.4 cm³/mol. The molecule has 2 aliphatic heterocycles. The van der Waals surface area contributed by atoms with Crippen molar-refractivity contribution < 1.29 is 14.6 Å². The number of β-amino-alcohol motifs (C(OH)–C–C–N with tert-alkyl or cyclic N) is 1. The third kappa shape index (κ3) is 3.25. The maximum atomic E-state index is 12.4. The lowest BCUT2D eigenvalue weighted by atomic mass is 9.97. The van der Waals surface area contributed by atoms with E-state index in [0.29, 0.717) is 19.2 Å². The van der Waals surface area contributed by atoms with Crippen molar-refractivity contribution in [3.63, 3.8) is 0 Å². The van der Waals surface area contributed by atoms with Gasteiger partial charge in [0.05, 0.1) is 12.6 Å². The van der Waals surface area contributed by atoms with Crippen molar-refractivity contribution in [2.24, 2.45) is 0 Å². The first-order valence-electron chi connectivity index (χ1n) is 8.12. The fraction of sp³-hybridized carbons (Fsp3) is 0.588. The fourth-order valence-corrected chi connectivity index (χ4v) is 3.72. The Balaban J connectivity index is 1.57. The summed E-state index contributed by atoms with van der Waals surface area (Å²) in [5.74, 6) is 0. The molecule has 2 atom stereocenters. The highest BCUT2D eigenvalue weighted by molar-refractivity contribution is 5.68. The second kappa shape index (κ2) is 7.11. The highest BCUT2D eigenvalue weighted by Crippen LogP contribution is 2.31. The number of rotatable bonds is 4. The standard InChI is InChI=1S/C17H24N2O3/c20-12-11-18-9-4-7-16-15(18)8-10-19(16)17(21)22-13-14-5-2-1-3-6-14/h1-3,5-6,15-16,20H,4,7-13H2/t15-,16-/m1/s1. The minimum Gasteiger partial charge on any atom is -0.445 e. The number of piperidine rings is 1. The molecule has 0 spiro atoms. The van der Waals surface area contributed by atoms with Crippen molar-refractivity contribution in [3.05, 3.63) is 35.9 Å². The van der Waals surface area contributed by atoms with Crippen molar-refractivity contribution in [1.82, 2.24) is 9.80 Å². The van der Waals surface area contributed by atoms with E-state index < -0.39 is 0 Å². The van der Waals surface area contributed by atoms with E-state index in [1.54, 1.807) is 0 Å². The highest BCUT2D eigenvalue weighted by Gasteiger charge is 2.42. The zero-order valence-corrected chi connectivity index (χ0v) is 12.9. The van der Waals surface area contributed by atoms with Gasteiger partial charge in [0.15, 0.2) is 0 Å². The molecule has 0 aliphatic carbocycles. The monoisotopic (exact) mass is 304 g/mol. The smallest absolute Gasteiger partial charge is 0.410 e. The van der Waals surface area contributed by atoms with E-state index in [0.717, 1.165) is 37.9 Å². The van der Waals surface area contributed by atoms with Crippen molar-refractivity contribution in [2.75, 3.05) is 26.2 Å². The Morgan fingerprint density at radius 3 is 2.77 bits per heavy atom. The molecule has 5 heteroatoms. The Hall–Kier alpha value is -1.59. The van der Waals surface area contributed by atoms with Crippen LogP contribution in [-0.4, -0.2) is 59.3 Å². The largest absolute Gasteiger partial charge is 0.445 e. The lowest BCUT2D eigenvalue weighted by Gasteiger charge is -2.39. The van der Waals surface area contributed by atoms with Crippen LogP contribution < -0.4 is 0 Å². The number of fused-ring (bicyclic) bond motifs is 1. The lowest BCUT2D eigenvalue weighted by molar-refractivity contribution is 0.0569. The molecule has 0 bridgehead atoms. The summed E-state index contributed by atoms with van der Waals surface area (Å²) in [4.78, 5) is 16.6. The van der Waals surface area contributed by atoms with Gasteiger partial charge in [0.25, 0.3) is 0 Å². The minimum absolute atomic E-state index is 0.182. The van der Waals surface area contributed by atoms with Crippen LogP contribution in [0.1, 0.15) is 24.8 Å². The van der Waals surface area contributed by atoms with Crippen molar-refractivity contribution in [2.45, 2.75) is 38.0 Å². The summed E-state index contributed by atoms with van der Waals surface area (Å²) in [6.07, 6.45) is 2.88. The van der Waals surface area contributed by atoms with Crippen LogP contribution in [0.15, 0.2) is 30.3 Å². The molecular weight excluding hydrogens is 280 g/mol. The van der Waals surface area contributed by atoms with Crippen LogP contribution >= 0.6 is 0 Å². The molecule has 22 heavy (non-hydrogen) atoms. The number of amides is 1. The summed E-state index contributed by atoms with van der Waals surface area (Å²) in [6, 6.07) is 10.4. The van der Waals surface area contributed by atoms with Gasteiger partial charge in [0, 0.05) is 19.1 Å². The van der Waals surface area contributed by atoms with Crippen molar-refractivity contribution in [1.29, 1.82) is 0 Å². The molecule has 2 fully saturated rings. The first-order chi connectivity index (χ1) is 10.8. The molecule has 1 N–H and O–H groups in total. The van der Waals surface area contributed by atoms with Crippen LogP contribution in [0.2, 0.25) is 0 Å². The summed E-state index contributed by atoms with van der Waals surface area (Å²) < 4.78 is 5.48.